The van der Waals surface area contributed by atoms with Crippen molar-refractivity contribution in [3.05, 3.63) is 58.7 Å². The van der Waals surface area contributed by atoms with Crippen molar-refractivity contribution < 1.29 is 23.8 Å². The van der Waals surface area contributed by atoms with E-state index in [4.69, 9.17) is 4.74 Å². The summed E-state index contributed by atoms with van der Waals surface area (Å²) in [5, 5.41) is 11.9. The molecule has 1 aromatic carbocycles. The lowest BCUT2D eigenvalue weighted by molar-refractivity contribution is 0.0694. The van der Waals surface area contributed by atoms with E-state index >= 15 is 0 Å². The molecule has 1 amide bonds. The van der Waals surface area contributed by atoms with Gasteiger partial charge in [-0.1, -0.05) is 0 Å². The summed E-state index contributed by atoms with van der Waals surface area (Å²) in [5.41, 5.74) is 1.63. The SMILES string of the molecule is COc1cc(C(=O)NCc2ccc(C(=O)O)c(C3CC3)n2)ccc1F. The van der Waals surface area contributed by atoms with Crippen molar-refractivity contribution in [2.45, 2.75) is 25.3 Å². The number of nitrogens with zero attached hydrogens (tertiary/aromatic N) is 1. The summed E-state index contributed by atoms with van der Waals surface area (Å²) in [4.78, 5) is 27.8. The van der Waals surface area contributed by atoms with Gasteiger partial charge in [-0.05, 0) is 43.2 Å². The number of ether oxygens (including phenoxy) is 1. The van der Waals surface area contributed by atoms with Crippen molar-refractivity contribution in [2.75, 3.05) is 7.11 Å². The van der Waals surface area contributed by atoms with Crippen molar-refractivity contribution in [2.24, 2.45) is 0 Å². The normalized spacial score (nSPS) is 13.4. The number of aromatic nitrogens is 1. The van der Waals surface area contributed by atoms with Crippen LogP contribution in [0.25, 0.3) is 0 Å². The number of benzene rings is 1. The van der Waals surface area contributed by atoms with Gasteiger partial charge in [-0.3, -0.25) is 9.78 Å². The van der Waals surface area contributed by atoms with Gasteiger partial charge in [0.2, 0.25) is 0 Å². The van der Waals surface area contributed by atoms with Gasteiger partial charge in [0, 0.05) is 11.5 Å². The quantitative estimate of drug-likeness (QED) is 0.841. The van der Waals surface area contributed by atoms with Crippen LogP contribution < -0.4 is 10.1 Å². The van der Waals surface area contributed by atoms with Crippen LogP contribution in [0.3, 0.4) is 0 Å². The van der Waals surface area contributed by atoms with E-state index in [-0.39, 0.29) is 29.3 Å². The van der Waals surface area contributed by atoms with Crippen LogP contribution in [-0.2, 0) is 6.54 Å². The Hall–Kier alpha value is -2.96. The van der Waals surface area contributed by atoms with Crippen LogP contribution in [0.1, 0.15) is 50.9 Å². The summed E-state index contributed by atoms with van der Waals surface area (Å²) in [6, 6.07) is 6.95. The van der Waals surface area contributed by atoms with E-state index in [1.165, 1.54) is 31.4 Å². The number of pyridine rings is 1. The molecule has 1 heterocycles. The lowest BCUT2D eigenvalue weighted by Gasteiger charge is -2.09. The number of hydrogen-bond acceptors (Lipinski definition) is 4. The molecule has 1 aromatic heterocycles. The number of carboxylic acids is 1. The smallest absolute Gasteiger partial charge is 0.337 e. The molecule has 3 rings (SSSR count). The van der Waals surface area contributed by atoms with Gasteiger partial charge in [0.15, 0.2) is 11.6 Å². The van der Waals surface area contributed by atoms with Crippen LogP contribution in [0.2, 0.25) is 0 Å². The topological polar surface area (TPSA) is 88.5 Å². The molecule has 1 aliphatic rings. The average Bonchev–Trinajstić information content (AvgIpc) is 3.44. The maximum Gasteiger partial charge on any atom is 0.337 e. The molecule has 0 bridgehead atoms. The second-order valence-electron chi connectivity index (χ2n) is 5.85. The van der Waals surface area contributed by atoms with Crippen LogP contribution >= 0.6 is 0 Å². The van der Waals surface area contributed by atoms with Crippen LogP contribution in [0.4, 0.5) is 4.39 Å². The van der Waals surface area contributed by atoms with Crippen LogP contribution in [0, 0.1) is 5.82 Å². The standard InChI is InChI=1S/C18H17FN2O4/c1-25-15-8-11(4-7-14(15)19)17(22)20-9-12-5-6-13(18(23)24)16(21-12)10-2-3-10/h4-8,10H,2-3,9H2,1H3,(H,20,22)(H,23,24). The summed E-state index contributed by atoms with van der Waals surface area (Å²) in [6.45, 7) is 0.151. The van der Waals surface area contributed by atoms with Crippen molar-refractivity contribution in [1.82, 2.24) is 10.3 Å². The van der Waals surface area contributed by atoms with E-state index in [1.54, 1.807) is 6.07 Å². The predicted octanol–water partition coefficient (Wildman–Crippen LogP) is 2.73. The fourth-order valence-corrected chi connectivity index (χ4v) is 2.54. The molecule has 2 aromatic rings. The average molecular weight is 344 g/mol. The molecule has 2 N–H and O–H groups in total. The van der Waals surface area contributed by atoms with Crippen molar-refractivity contribution in [3.8, 4) is 5.75 Å². The minimum Gasteiger partial charge on any atom is -0.494 e. The van der Waals surface area contributed by atoms with Gasteiger partial charge < -0.3 is 15.2 Å². The molecular formula is C18H17FN2O4. The second-order valence-corrected chi connectivity index (χ2v) is 5.85. The third kappa shape index (κ3) is 3.76. The third-order valence-electron chi connectivity index (χ3n) is 4.02. The van der Waals surface area contributed by atoms with E-state index in [1.807, 2.05) is 0 Å². The molecule has 130 valence electrons. The minimum atomic E-state index is -0.997. The third-order valence-corrected chi connectivity index (χ3v) is 4.02. The predicted molar refractivity (Wildman–Crippen MR) is 87.3 cm³/mol. The van der Waals surface area contributed by atoms with E-state index in [0.29, 0.717) is 11.4 Å². The highest BCUT2D eigenvalue weighted by Crippen LogP contribution is 2.40. The zero-order valence-electron chi connectivity index (χ0n) is 13.6. The first kappa shape index (κ1) is 16.9. The lowest BCUT2D eigenvalue weighted by Crippen LogP contribution is -2.23. The Morgan fingerprint density at radius 2 is 2.08 bits per heavy atom. The minimum absolute atomic E-state index is 0.00685. The van der Waals surface area contributed by atoms with Crippen molar-refractivity contribution in [3.63, 3.8) is 0 Å². The fraction of sp³-hybridized carbons (Fsp3) is 0.278. The van der Waals surface area contributed by atoms with Crippen LogP contribution in [0.5, 0.6) is 5.75 Å². The van der Waals surface area contributed by atoms with Gasteiger partial charge in [-0.15, -0.1) is 0 Å². The molecule has 0 saturated heterocycles. The molecule has 7 heteroatoms. The second kappa shape index (κ2) is 6.88. The van der Waals surface area contributed by atoms with Crippen molar-refractivity contribution >= 4 is 11.9 Å². The number of carboxylic acid groups (broad SMARTS) is 1. The van der Waals surface area contributed by atoms with Gasteiger partial charge in [0.25, 0.3) is 5.91 Å². The summed E-state index contributed by atoms with van der Waals surface area (Å²) < 4.78 is 18.3. The number of carbonyl (C=O) groups excluding carboxylic acids is 1. The van der Waals surface area contributed by atoms with E-state index in [2.05, 4.69) is 10.3 Å². The Bertz CT molecular complexity index is 834. The molecule has 0 radical (unpaired) electrons. The van der Waals surface area contributed by atoms with E-state index in [9.17, 15) is 19.1 Å². The zero-order valence-corrected chi connectivity index (χ0v) is 13.6. The number of hydrogen-bond donors (Lipinski definition) is 2. The first-order chi connectivity index (χ1) is 12.0. The number of halogens is 1. The molecule has 0 atom stereocenters. The zero-order chi connectivity index (χ0) is 18.0. The molecule has 0 spiro atoms. The molecule has 0 unspecified atom stereocenters. The van der Waals surface area contributed by atoms with Gasteiger partial charge in [0.05, 0.1) is 30.6 Å². The Morgan fingerprint density at radius 3 is 2.72 bits per heavy atom. The number of methoxy groups -OCH3 is 1. The van der Waals surface area contributed by atoms with Gasteiger partial charge in [0.1, 0.15) is 0 Å². The highest BCUT2D eigenvalue weighted by atomic mass is 19.1. The van der Waals surface area contributed by atoms with Crippen LogP contribution in [0.15, 0.2) is 30.3 Å². The van der Waals surface area contributed by atoms with Crippen LogP contribution in [-0.4, -0.2) is 29.1 Å². The van der Waals surface area contributed by atoms with Gasteiger partial charge in [-0.25, -0.2) is 9.18 Å². The lowest BCUT2D eigenvalue weighted by atomic mass is 10.1. The fourth-order valence-electron chi connectivity index (χ4n) is 2.54. The first-order valence-electron chi connectivity index (χ1n) is 7.84. The highest BCUT2D eigenvalue weighted by Gasteiger charge is 2.29. The summed E-state index contributed by atoms with van der Waals surface area (Å²) in [6.07, 6.45) is 1.86. The van der Waals surface area contributed by atoms with Crippen molar-refractivity contribution in [1.29, 1.82) is 0 Å². The largest absolute Gasteiger partial charge is 0.494 e. The maximum absolute atomic E-state index is 13.4. The molecular weight excluding hydrogens is 327 g/mol. The number of nitrogens with one attached hydrogen (secondary N) is 1. The molecule has 1 fully saturated rings. The molecule has 1 aliphatic carbocycles. The monoisotopic (exact) mass is 344 g/mol. The number of carbonyl (C=O) groups is 2. The molecule has 25 heavy (non-hydrogen) atoms. The van der Waals surface area contributed by atoms with Gasteiger partial charge in [-0.2, -0.15) is 0 Å². The Balaban J connectivity index is 1.72. The number of aromatic carboxylic acids is 1. The maximum atomic E-state index is 13.4. The molecule has 1 saturated carbocycles. The Morgan fingerprint density at radius 1 is 1.32 bits per heavy atom. The van der Waals surface area contributed by atoms with E-state index in [0.717, 1.165) is 12.8 Å². The molecule has 0 aliphatic heterocycles. The summed E-state index contributed by atoms with van der Waals surface area (Å²) in [5.74, 6) is -1.76. The number of rotatable bonds is 6. The summed E-state index contributed by atoms with van der Waals surface area (Å²) >= 11 is 0. The first-order valence-corrected chi connectivity index (χ1v) is 7.84. The van der Waals surface area contributed by atoms with E-state index < -0.39 is 17.7 Å². The number of amides is 1. The highest BCUT2D eigenvalue weighted by molar-refractivity contribution is 5.94. The Labute approximate surface area is 143 Å². The molecule has 6 nitrogen and oxygen atoms in total. The Kier molecular flexibility index (Phi) is 4.65. The van der Waals surface area contributed by atoms with Gasteiger partial charge >= 0.3 is 5.97 Å². The summed E-state index contributed by atoms with van der Waals surface area (Å²) in [7, 11) is 1.33.